The molecule has 2 rings (SSSR count). The Kier molecular flexibility index (Phi) is 5.71. The lowest BCUT2D eigenvalue weighted by atomic mass is 10.2. The number of hydrogen-bond acceptors (Lipinski definition) is 4. The number of nitrogens with one attached hydrogen (secondary N) is 1. The summed E-state index contributed by atoms with van der Waals surface area (Å²) >= 11 is 0. The van der Waals surface area contributed by atoms with Gasteiger partial charge in [0.2, 0.25) is 0 Å². The maximum Gasteiger partial charge on any atom is 0.157 e. The van der Waals surface area contributed by atoms with Crippen LogP contribution in [0.5, 0.6) is 0 Å². The Hall–Kier alpha value is -0.160. The van der Waals surface area contributed by atoms with E-state index in [0.29, 0.717) is 6.04 Å². The summed E-state index contributed by atoms with van der Waals surface area (Å²) in [7, 11) is 2.03. The molecular weight excluding hydrogens is 216 g/mol. The van der Waals surface area contributed by atoms with Crippen LogP contribution in [0.3, 0.4) is 0 Å². The molecule has 0 saturated carbocycles. The molecule has 2 heterocycles. The van der Waals surface area contributed by atoms with Gasteiger partial charge in [-0.05, 0) is 45.7 Å². The molecule has 1 N–H and O–H groups in total. The Morgan fingerprint density at radius 3 is 3.00 bits per heavy atom. The molecule has 2 unspecified atom stereocenters. The lowest BCUT2D eigenvalue weighted by molar-refractivity contribution is -0.164. The van der Waals surface area contributed by atoms with Crippen LogP contribution in [0.2, 0.25) is 0 Å². The van der Waals surface area contributed by atoms with Crippen LogP contribution in [0.25, 0.3) is 0 Å². The molecule has 0 radical (unpaired) electrons. The number of likely N-dealkylation sites (N-methyl/N-ethyl adjacent to an activating group) is 1. The molecule has 100 valence electrons. The largest absolute Gasteiger partial charge is 0.353 e. The van der Waals surface area contributed by atoms with Crippen molar-refractivity contribution in [2.75, 3.05) is 39.9 Å². The fraction of sp³-hybridized carbons (Fsp3) is 1.00. The summed E-state index contributed by atoms with van der Waals surface area (Å²) in [4.78, 5) is 2.54. The van der Waals surface area contributed by atoms with Gasteiger partial charge in [-0.1, -0.05) is 0 Å². The van der Waals surface area contributed by atoms with Crippen molar-refractivity contribution in [3.8, 4) is 0 Å². The Morgan fingerprint density at radius 2 is 2.24 bits per heavy atom. The average Bonchev–Trinajstić information content (AvgIpc) is 2.79. The van der Waals surface area contributed by atoms with E-state index in [4.69, 9.17) is 9.47 Å². The van der Waals surface area contributed by atoms with E-state index in [9.17, 15) is 0 Å². The molecule has 0 aliphatic carbocycles. The third-order valence-electron chi connectivity index (χ3n) is 3.76. The van der Waals surface area contributed by atoms with E-state index in [2.05, 4.69) is 10.2 Å². The second kappa shape index (κ2) is 7.31. The maximum absolute atomic E-state index is 5.79. The zero-order valence-corrected chi connectivity index (χ0v) is 11.0. The maximum atomic E-state index is 5.79. The predicted octanol–water partition coefficient (Wildman–Crippen LogP) is 1.21. The quantitative estimate of drug-likeness (QED) is 0.759. The second-order valence-electron chi connectivity index (χ2n) is 5.06. The van der Waals surface area contributed by atoms with Gasteiger partial charge in [0.25, 0.3) is 0 Å². The van der Waals surface area contributed by atoms with Crippen LogP contribution in [0.1, 0.15) is 32.1 Å². The van der Waals surface area contributed by atoms with E-state index in [0.717, 1.165) is 32.7 Å². The number of rotatable bonds is 6. The van der Waals surface area contributed by atoms with Crippen molar-refractivity contribution >= 4 is 0 Å². The molecule has 2 aliphatic rings. The van der Waals surface area contributed by atoms with Crippen molar-refractivity contribution in [3.05, 3.63) is 0 Å². The highest BCUT2D eigenvalue weighted by Crippen LogP contribution is 2.17. The summed E-state index contributed by atoms with van der Waals surface area (Å²) < 4.78 is 11.4. The molecular formula is C13H26N2O2. The SMILES string of the molecule is CNCC1CCCN1CCOC1CCCCO1. The molecule has 2 aliphatic heterocycles. The van der Waals surface area contributed by atoms with E-state index in [1.165, 1.54) is 32.2 Å². The van der Waals surface area contributed by atoms with Crippen LogP contribution in [-0.4, -0.2) is 57.1 Å². The molecule has 0 bridgehead atoms. The Morgan fingerprint density at radius 1 is 1.29 bits per heavy atom. The molecule has 0 aromatic rings. The first-order valence-corrected chi connectivity index (χ1v) is 7.02. The number of nitrogens with zero attached hydrogens (tertiary/aromatic N) is 1. The number of hydrogen-bond donors (Lipinski definition) is 1. The van der Waals surface area contributed by atoms with Crippen molar-refractivity contribution in [3.63, 3.8) is 0 Å². The first-order valence-electron chi connectivity index (χ1n) is 7.02. The third-order valence-corrected chi connectivity index (χ3v) is 3.76. The summed E-state index contributed by atoms with van der Waals surface area (Å²) in [5.74, 6) is 0. The van der Waals surface area contributed by atoms with Crippen molar-refractivity contribution in [1.82, 2.24) is 10.2 Å². The van der Waals surface area contributed by atoms with Gasteiger partial charge in [0.1, 0.15) is 0 Å². The minimum Gasteiger partial charge on any atom is -0.353 e. The highest BCUT2D eigenvalue weighted by molar-refractivity contribution is 4.80. The van der Waals surface area contributed by atoms with Crippen LogP contribution in [0.4, 0.5) is 0 Å². The second-order valence-corrected chi connectivity index (χ2v) is 5.06. The van der Waals surface area contributed by atoms with Crippen LogP contribution in [0, 0.1) is 0 Å². The molecule has 4 nitrogen and oxygen atoms in total. The number of likely N-dealkylation sites (tertiary alicyclic amines) is 1. The topological polar surface area (TPSA) is 33.7 Å². The van der Waals surface area contributed by atoms with Gasteiger partial charge < -0.3 is 14.8 Å². The number of ether oxygens (including phenoxy) is 2. The average molecular weight is 242 g/mol. The van der Waals surface area contributed by atoms with Crippen LogP contribution >= 0.6 is 0 Å². The molecule has 2 atom stereocenters. The Bertz CT molecular complexity index is 208. The molecule has 0 aromatic heterocycles. The summed E-state index contributed by atoms with van der Waals surface area (Å²) in [5.41, 5.74) is 0. The zero-order chi connectivity index (χ0) is 11.9. The molecule has 4 heteroatoms. The fourth-order valence-electron chi connectivity index (χ4n) is 2.80. The summed E-state index contributed by atoms with van der Waals surface area (Å²) in [6.07, 6.45) is 6.22. The molecule has 2 fully saturated rings. The summed E-state index contributed by atoms with van der Waals surface area (Å²) in [6, 6.07) is 0.705. The highest BCUT2D eigenvalue weighted by atomic mass is 16.7. The van der Waals surface area contributed by atoms with Gasteiger partial charge in [-0.15, -0.1) is 0 Å². The van der Waals surface area contributed by atoms with Crippen molar-refractivity contribution in [1.29, 1.82) is 0 Å². The van der Waals surface area contributed by atoms with Crippen LogP contribution in [-0.2, 0) is 9.47 Å². The van der Waals surface area contributed by atoms with E-state index in [1.807, 2.05) is 7.05 Å². The first-order chi connectivity index (χ1) is 8.40. The molecule has 2 saturated heterocycles. The van der Waals surface area contributed by atoms with E-state index in [-0.39, 0.29) is 6.29 Å². The van der Waals surface area contributed by atoms with Gasteiger partial charge in [-0.25, -0.2) is 0 Å². The summed E-state index contributed by atoms with van der Waals surface area (Å²) in [5, 5.41) is 3.27. The molecule has 0 amide bonds. The smallest absolute Gasteiger partial charge is 0.157 e. The Balaban J connectivity index is 1.60. The van der Waals surface area contributed by atoms with Crippen molar-refractivity contribution < 1.29 is 9.47 Å². The predicted molar refractivity (Wildman–Crippen MR) is 68.1 cm³/mol. The van der Waals surface area contributed by atoms with Gasteiger partial charge in [0.15, 0.2) is 6.29 Å². The first kappa shape index (κ1) is 13.3. The van der Waals surface area contributed by atoms with Crippen LogP contribution < -0.4 is 5.32 Å². The lowest BCUT2D eigenvalue weighted by Crippen LogP contribution is -2.39. The van der Waals surface area contributed by atoms with E-state index >= 15 is 0 Å². The Labute approximate surface area is 105 Å². The highest BCUT2D eigenvalue weighted by Gasteiger charge is 2.23. The summed E-state index contributed by atoms with van der Waals surface area (Å²) in [6.45, 7) is 5.05. The van der Waals surface area contributed by atoms with Gasteiger partial charge in [-0.3, -0.25) is 4.90 Å². The normalized spacial score (nSPS) is 30.9. The van der Waals surface area contributed by atoms with E-state index < -0.39 is 0 Å². The fourth-order valence-corrected chi connectivity index (χ4v) is 2.80. The minimum absolute atomic E-state index is 0.0640. The third kappa shape index (κ3) is 4.21. The van der Waals surface area contributed by atoms with Gasteiger partial charge in [0.05, 0.1) is 6.61 Å². The molecule has 17 heavy (non-hydrogen) atoms. The van der Waals surface area contributed by atoms with Crippen molar-refractivity contribution in [2.45, 2.75) is 44.4 Å². The lowest BCUT2D eigenvalue weighted by Gasteiger charge is -2.27. The van der Waals surface area contributed by atoms with Gasteiger partial charge >= 0.3 is 0 Å². The van der Waals surface area contributed by atoms with Crippen molar-refractivity contribution in [2.24, 2.45) is 0 Å². The molecule has 0 aromatic carbocycles. The van der Waals surface area contributed by atoms with Crippen LogP contribution in [0.15, 0.2) is 0 Å². The van der Waals surface area contributed by atoms with Gasteiger partial charge in [-0.2, -0.15) is 0 Å². The van der Waals surface area contributed by atoms with Gasteiger partial charge in [0, 0.05) is 25.7 Å². The monoisotopic (exact) mass is 242 g/mol. The molecule has 0 spiro atoms. The van der Waals surface area contributed by atoms with E-state index in [1.54, 1.807) is 0 Å². The minimum atomic E-state index is 0.0640. The standard InChI is InChI=1S/C13H26N2O2/c1-14-11-12-5-4-7-15(12)8-10-17-13-6-2-3-9-16-13/h12-14H,2-11H2,1H3. The zero-order valence-electron chi connectivity index (χ0n) is 11.0.